The lowest BCUT2D eigenvalue weighted by molar-refractivity contribution is -0.114. The Hall–Kier alpha value is -1.94. The van der Waals surface area contributed by atoms with Gasteiger partial charge in [-0.1, -0.05) is 34.7 Å². The van der Waals surface area contributed by atoms with Crippen LogP contribution in [0.1, 0.15) is 10.4 Å². The number of alkyl halides is 1. The van der Waals surface area contributed by atoms with Crippen LogP contribution in [0.4, 0.5) is 10.1 Å². The summed E-state index contributed by atoms with van der Waals surface area (Å²) in [6, 6.07) is 5.90. The number of thioether (sulfide) groups is 1. The number of anilines is 1. The molecule has 2 aliphatic heterocycles. The molecule has 2 heterocycles. The molecule has 0 spiro atoms. The van der Waals surface area contributed by atoms with Crippen LogP contribution in [0.5, 0.6) is 0 Å². The van der Waals surface area contributed by atoms with E-state index in [1.807, 2.05) is 6.08 Å². The second-order valence-electron chi connectivity index (χ2n) is 5.64. The third-order valence-electron chi connectivity index (χ3n) is 4.15. The molecule has 0 aromatic heterocycles. The highest BCUT2D eigenvalue weighted by atomic mass is 127. The molecular weight excluding hydrogens is 458 g/mol. The number of allylic oxidation sites excluding steroid dienone is 3. The number of carbonyl (C=O) groups is 2. The topological polar surface area (TPSA) is 70.0 Å². The fourth-order valence-electron chi connectivity index (χ4n) is 2.88. The summed E-state index contributed by atoms with van der Waals surface area (Å²) in [4.78, 5) is 23.7. The van der Waals surface area contributed by atoms with Gasteiger partial charge in [0.25, 0.3) is 5.91 Å². The number of hydrogen-bond acceptors (Lipinski definition) is 4. The van der Waals surface area contributed by atoms with Gasteiger partial charge in [-0.25, -0.2) is 9.18 Å². The lowest BCUT2D eigenvalue weighted by Crippen LogP contribution is -2.44. The normalized spacial score (nSPS) is 27.3. The Morgan fingerprint density at radius 2 is 2.08 bits per heavy atom. The molecule has 1 aromatic carbocycles. The summed E-state index contributed by atoms with van der Waals surface area (Å²) in [5.41, 5.74) is 1.55. The van der Waals surface area contributed by atoms with E-state index in [4.69, 9.17) is 5.11 Å². The van der Waals surface area contributed by atoms with Crippen LogP contribution in [-0.2, 0) is 4.79 Å². The first-order valence-corrected chi connectivity index (χ1v) is 9.31. The van der Waals surface area contributed by atoms with Crippen molar-refractivity contribution in [2.75, 3.05) is 5.01 Å². The number of carboxylic acids is 1. The SMILES string of the molecule is O=C(O)c1ccc(N2N=C3C(=CSC4C(F)=CC=CC34I)C2=O)cc1. The molecule has 0 saturated heterocycles. The Labute approximate surface area is 160 Å². The Morgan fingerprint density at radius 1 is 1.36 bits per heavy atom. The molecule has 25 heavy (non-hydrogen) atoms. The van der Waals surface area contributed by atoms with E-state index >= 15 is 0 Å². The Kier molecular flexibility index (Phi) is 3.84. The van der Waals surface area contributed by atoms with Gasteiger partial charge in [-0.15, -0.1) is 11.8 Å². The van der Waals surface area contributed by atoms with Gasteiger partial charge in [-0.05, 0) is 35.7 Å². The van der Waals surface area contributed by atoms with Crippen LogP contribution in [0.2, 0.25) is 0 Å². The van der Waals surface area contributed by atoms with Crippen LogP contribution >= 0.6 is 34.4 Å². The summed E-state index contributed by atoms with van der Waals surface area (Å²) in [7, 11) is 0. The lowest BCUT2D eigenvalue weighted by Gasteiger charge is -2.35. The third kappa shape index (κ3) is 2.46. The number of rotatable bonds is 2. The van der Waals surface area contributed by atoms with E-state index in [0.717, 1.165) is 0 Å². The molecule has 1 aliphatic carbocycles. The molecule has 4 rings (SSSR count). The van der Waals surface area contributed by atoms with Crippen molar-refractivity contribution in [2.45, 2.75) is 8.67 Å². The van der Waals surface area contributed by atoms with Crippen molar-refractivity contribution < 1.29 is 19.1 Å². The number of carboxylic acid groups (broad SMARTS) is 1. The predicted molar refractivity (Wildman–Crippen MR) is 103 cm³/mol. The second kappa shape index (κ2) is 5.80. The maximum Gasteiger partial charge on any atom is 0.335 e. The van der Waals surface area contributed by atoms with Crippen molar-refractivity contribution in [1.82, 2.24) is 0 Å². The van der Waals surface area contributed by atoms with Crippen LogP contribution in [-0.4, -0.2) is 31.4 Å². The average molecular weight is 468 g/mol. The summed E-state index contributed by atoms with van der Waals surface area (Å²) >= 11 is 3.40. The minimum Gasteiger partial charge on any atom is -0.478 e. The largest absolute Gasteiger partial charge is 0.478 e. The highest BCUT2D eigenvalue weighted by Crippen LogP contribution is 2.49. The maximum atomic E-state index is 14.2. The maximum absolute atomic E-state index is 14.2. The number of hydrazone groups is 1. The summed E-state index contributed by atoms with van der Waals surface area (Å²) < 4.78 is 13.5. The van der Waals surface area contributed by atoms with Crippen LogP contribution in [0.25, 0.3) is 0 Å². The summed E-state index contributed by atoms with van der Waals surface area (Å²) in [5.74, 6) is -1.60. The van der Waals surface area contributed by atoms with E-state index in [9.17, 15) is 14.0 Å². The molecule has 1 amide bonds. The van der Waals surface area contributed by atoms with Crippen molar-refractivity contribution in [3.8, 4) is 0 Å². The van der Waals surface area contributed by atoms with Gasteiger partial charge in [-0.2, -0.15) is 10.1 Å². The zero-order chi connectivity index (χ0) is 17.8. The zero-order valence-corrected chi connectivity index (χ0v) is 15.5. The van der Waals surface area contributed by atoms with E-state index < -0.39 is 14.6 Å². The third-order valence-corrected chi connectivity index (χ3v) is 7.30. The van der Waals surface area contributed by atoms with Crippen molar-refractivity contribution in [3.05, 3.63) is 64.9 Å². The van der Waals surface area contributed by atoms with Gasteiger partial charge in [0.1, 0.15) is 9.25 Å². The van der Waals surface area contributed by atoms with Crippen LogP contribution in [0.15, 0.2) is 64.4 Å². The molecule has 1 N–H and O–H groups in total. The molecular formula is C17H10FIN2O3S. The smallest absolute Gasteiger partial charge is 0.335 e. The Bertz CT molecular complexity index is 922. The number of fused-ring (bicyclic) bond motifs is 3. The van der Waals surface area contributed by atoms with Crippen LogP contribution in [0.3, 0.4) is 0 Å². The molecule has 5 nitrogen and oxygen atoms in total. The molecule has 0 saturated carbocycles. The number of hydrogen-bond donors (Lipinski definition) is 1. The van der Waals surface area contributed by atoms with Gasteiger partial charge in [0.05, 0.1) is 27.8 Å². The molecule has 126 valence electrons. The summed E-state index contributed by atoms with van der Waals surface area (Å²) in [6.45, 7) is 0. The standard InChI is InChI=1S/C17H10FIN2O3S/c18-12-2-1-7-17(19)13-11(8-25-14(12)17)15(22)21(20-13)10-5-3-9(4-6-10)16(23)24/h1-8,14H,(H,23,24). The van der Waals surface area contributed by atoms with E-state index in [0.29, 0.717) is 17.0 Å². The second-order valence-corrected chi connectivity index (χ2v) is 8.41. The molecule has 1 aromatic rings. The minimum absolute atomic E-state index is 0.128. The molecule has 2 unspecified atom stereocenters. The number of benzene rings is 1. The van der Waals surface area contributed by atoms with Crippen molar-refractivity contribution in [1.29, 1.82) is 0 Å². The lowest BCUT2D eigenvalue weighted by atomic mass is 9.90. The highest BCUT2D eigenvalue weighted by Gasteiger charge is 2.51. The van der Waals surface area contributed by atoms with Gasteiger partial charge in [-0.3, -0.25) is 4.79 Å². The molecule has 0 bridgehead atoms. The fourth-order valence-corrected chi connectivity index (χ4v) is 5.31. The first-order chi connectivity index (χ1) is 11.9. The van der Waals surface area contributed by atoms with E-state index in [1.54, 1.807) is 11.5 Å². The van der Waals surface area contributed by atoms with Gasteiger partial charge in [0, 0.05) is 0 Å². The average Bonchev–Trinajstić information content (AvgIpc) is 2.93. The van der Waals surface area contributed by atoms with Crippen molar-refractivity contribution in [3.63, 3.8) is 0 Å². The minimum atomic E-state index is -1.04. The molecule has 0 fully saturated rings. The molecule has 0 radical (unpaired) electrons. The van der Waals surface area contributed by atoms with Crippen molar-refractivity contribution >= 4 is 57.6 Å². The van der Waals surface area contributed by atoms with Crippen LogP contribution < -0.4 is 5.01 Å². The number of amides is 1. The van der Waals surface area contributed by atoms with Gasteiger partial charge in [0.15, 0.2) is 0 Å². The van der Waals surface area contributed by atoms with E-state index in [1.165, 1.54) is 47.1 Å². The zero-order valence-electron chi connectivity index (χ0n) is 12.5. The number of halogens is 2. The number of aromatic carboxylic acids is 1. The Morgan fingerprint density at radius 3 is 2.76 bits per heavy atom. The fraction of sp³-hybridized carbons (Fsp3) is 0.118. The highest BCUT2D eigenvalue weighted by molar-refractivity contribution is 14.1. The van der Waals surface area contributed by atoms with Crippen molar-refractivity contribution in [2.24, 2.45) is 5.10 Å². The molecule has 2 atom stereocenters. The molecule has 8 heteroatoms. The number of nitrogens with zero attached hydrogens (tertiary/aromatic N) is 2. The predicted octanol–water partition coefficient (Wildman–Crippen LogP) is 3.68. The van der Waals surface area contributed by atoms with E-state index in [-0.39, 0.29) is 17.3 Å². The monoisotopic (exact) mass is 468 g/mol. The van der Waals surface area contributed by atoms with E-state index in [2.05, 4.69) is 27.7 Å². The first-order valence-electron chi connectivity index (χ1n) is 7.28. The Balaban J connectivity index is 1.76. The summed E-state index contributed by atoms with van der Waals surface area (Å²) in [6.07, 6.45) is 4.91. The quantitative estimate of drug-likeness (QED) is 0.531. The summed E-state index contributed by atoms with van der Waals surface area (Å²) in [5, 5.41) is 15.9. The molecule has 3 aliphatic rings. The first kappa shape index (κ1) is 16.5. The van der Waals surface area contributed by atoms with Gasteiger partial charge in [0.2, 0.25) is 0 Å². The van der Waals surface area contributed by atoms with Gasteiger partial charge >= 0.3 is 5.97 Å². The number of carbonyl (C=O) groups excluding carboxylic acids is 1. The van der Waals surface area contributed by atoms with Gasteiger partial charge < -0.3 is 5.11 Å². The van der Waals surface area contributed by atoms with Crippen LogP contribution in [0, 0.1) is 0 Å².